The molecule has 3 aromatic rings. The minimum absolute atomic E-state index is 0.426. The van der Waals surface area contributed by atoms with Crippen molar-refractivity contribution in [1.29, 1.82) is 0 Å². The van der Waals surface area contributed by atoms with E-state index in [0.29, 0.717) is 0 Å². The number of hydrogen-bond acceptors (Lipinski definition) is 2. The molecule has 2 aromatic carbocycles. The van der Waals surface area contributed by atoms with E-state index in [4.69, 9.17) is 0 Å². The van der Waals surface area contributed by atoms with Gasteiger partial charge in [-0.25, -0.2) is 4.98 Å². The minimum Gasteiger partial charge on any atom is -0.366 e. The molecule has 2 nitrogen and oxygen atoms in total. The largest absolute Gasteiger partial charge is 0.366 e. The first-order chi connectivity index (χ1) is 10.4. The zero-order chi connectivity index (χ0) is 14.3. The Labute approximate surface area is 126 Å². The Morgan fingerprint density at radius 3 is 1.81 bits per heavy atom. The van der Waals surface area contributed by atoms with E-state index in [9.17, 15) is 0 Å². The Balaban J connectivity index is 1.83. The third-order valence-electron chi connectivity index (χ3n) is 3.22. The van der Waals surface area contributed by atoms with Crippen LogP contribution in [-0.4, -0.2) is 11.3 Å². The summed E-state index contributed by atoms with van der Waals surface area (Å²) in [5.74, 6) is 0.928. The standard InChI is InChI=1S/C18H17N2P/c1-3-9-16(10-4-1)21(17-11-5-2-6-12-17)15-20-18-13-7-8-14-19-18/h1-14H,15H2,(H,19,20). The first-order valence-corrected chi connectivity index (χ1v) is 8.49. The Kier molecular flexibility index (Phi) is 4.60. The highest BCUT2D eigenvalue weighted by atomic mass is 31.1. The highest BCUT2D eigenvalue weighted by molar-refractivity contribution is 7.73. The Bertz CT molecular complexity index is 617. The predicted octanol–water partition coefficient (Wildman–Crippen LogP) is 3.58. The van der Waals surface area contributed by atoms with Gasteiger partial charge in [0.15, 0.2) is 0 Å². The zero-order valence-electron chi connectivity index (χ0n) is 11.7. The Morgan fingerprint density at radius 2 is 1.29 bits per heavy atom. The number of rotatable bonds is 5. The number of nitrogens with zero attached hydrogens (tertiary/aromatic N) is 1. The topological polar surface area (TPSA) is 24.9 Å². The van der Waals surface area contributed by atoms with Gasteiger partial charge >= 0.3 is 0 Å². The van der Waals surface area contributed by atoms with E-state index in [1.54, 1.807) is 0 Å². The van der Waals surface area contributed by atoms with Gasteiger partial charge in [-0.1, -0.05) is 66.7 Å². The van der Waals surface area contributed by atoms with E-state index in [0.717, 1.165) is 12.1 Å². The summed E-state index contributed by atoms with van der Waals surface area (Å²) in [4.78, 5) is 4.34. The van der Waals surface area contributed by atoms with Gasteiger partial charge in [-0.2, -0.15) is 0 Å². The lowest BCUT2D eigenvalue weighted by Crippen LogP contribution is -2.17. The third kappa shape index (κ3) is 3.68. The molecule has 0 aliphatic heterocycles. The first kappa shape index (κ1) is 13.8. The van der Waals surface area contributed by atoms with Gasteiger partial charge < -0.3 is 5.32 Å². The van der Waals surface area contributed by atoms with E-state index in [2.05, 4.69) is 71.0 Å². The molecule has 0 unspecified atom stereocenters. The number of nitrogens with one attached hydrogen (secondary N) is 1. The van der Waals surface area contributed by atoms with Gasteiger partial charge in [0.1, 0.15) is 5.82 Å². The Morgan fingerprint density at radius 1 is 0.714 bits per heavy atom. The number of aromatic nitrogens is 1. The van der Waals surface area contributed by atoms with E-state index in [1.807, 2.05) is 24.4 Å². The second-order valence-corrected chi connectivity index (χ2v) is 6.85. The van der Waals surface area contributed by atoms with Crippen LogP contribution in [0, 0.1) is 0 Å². The molecule has 0 bridgehead atoms. The second kappa shape index (κ2) is 7.01. The van der Waals surface area contributed by atoms with Gasteiger partial charge in [0.05, 0.1) is 0 Å². The first-order valence-electron chi connectivity index (χ1n) is 6.96. The summed E-state index contributed by atoms with van der Waals surface area (Å²) >= 11 is 0. The summed E-state index contributed by atoms with van der Waals surface area (Å²) in [7, 11) is -0.426. The lowest BCUT2D eigenvalue weighted by atomic mass is 10.4. The quantitative estimate of drug-likeness (QED) is 0.727. The number of pyridine rings is 1. The highest BCUT2D eigenvalue weighted by Gasteiger charge is 2.13. The van der Waals surface area contributed by atoms with Crippen LogP contribution in [0.1, 0.15) is 0 Å². The second-order valence-electron chi connectivity index (χ2n) is 4.65. The van der Waals surface area contributed by atoms with E-state index in [1.165, 1.54) is 10.6 Å². The molecule has 0 spiro atoms. The summed E-state index contributed by atoms with van der Waals surface area (Å²) in [6.45, 7) is 0. The summed E-state index contributed by atoms with van der Waals surface area (Å²) < 4.78 is 0. The van der Waals surface area contributed by atoms with E-state index < -0.39 is 7.92 Å². The lowest BCUT2D eigenvalue weighted by molar-refractivity contribution is 1.27. The number of hydrogen-bond donors (Lipinski definition) is 1. The smallest absolute Gasteiger partial charge is 0.126 e. The predicted molar refractivity (Wildman–Crippen MR) is 91.8 cm³/mol. The van der Waals surface area contributed by atoms with Crippen LogP contribution in [0.4, 0.5) is 5.82 Å². The van der Waals surface area contributed by atoms with Crippen molar-refractivity contribution in [3.63, 3.8) is 0 Å². The molecule has 0 saturated heterocycles. The van der Waals surface area contributed by atoms with E-state index in [-0.39, 0.29) is 0 Å². The monoisotopic (exact) mass is 292 g/mol. The Hall–Kier alpha value is -2.18. The summed E-state index contributed by atoms with van der Waals surface area (Å²) in [5, 5.41) is 6.21. The fourth-order valence-electron chi connectivity index (χ4n) is 2.17. The molecule has 0 aliphatic carbocycles. The van der Waals surface area contributed by atoms with Crippen LogP contribution in [0.2, 0.25) is 0 Å². The summed E-state index contributed by atoms with van der Waals surface area (Å²) in [6, 6.07) is 27.3. The van der Waals surface area contributed by atoms with Gasteiger partial charge in [0.2, 0.25) is 0 Å². The van der Waals surface area contributed by atoms with Crippen LogP contribution < -0.4 is 15.9 Å². The van der Waals surface area contributed by atoms with Crippen molar-refractivity contribution in [2.45, 2.75) is 0 Å². The van der Waals surface area contributed by atoms with Crippen molar-refractivity contribution in [3.8, 4) is 0 Å². The minimum atomic E-state index is -0.426. The maximum Gasteiger partial charge on any atom is 0.126 e. The molecule has 0 fully saturated rings. The molecule has 3 heteroatoms. The molecule has 104 valence electrons. The van der Waals surface area contributed by atoms with Crippen LogP contribution in [0.25, 0.3) is 0 Å². The molecule has 1 heterocycles. The van der Waals surface area contributed by atoms with Crippen LogP contribution in [0.5, 0.6) is 0 Å². The van der Waals surface area contributed by atoms with Crippen LogP contribution in [0.3, 0.4) is 0 Å². The molecule has 0 aliphatic rings. The third-order valence-corrected chi connectivity index (χ3v) is 5.54. The molecule has 21 heavy (non-hydrogen) atoms. The fourth-order valence-corrected chi connectivity index (χ4v) is 4.22. The summed E-state index contributed by atoms with van der Waals surface area (Å²) in [6.07, 6.45) is 2.70. The van der Waals surface area contributed by atoms with E-state index >= 15 is 0 Å². The van der Waals surface area contributed by atoms with Crippen molar-refractivity contribution in [1.82, 2.24) is 4.98 Å². The lowest BCUT2D eigenvalue weighted by Gasteiger charge is -2.19. The number of anilines is 1. The maximum absolute atomic E-state index is 4.34. The fraction of sp³-hybridized carbons (Fsp3) is 0.0556. The van der Waals surface area contributed by atoms with Crippen LogP contribution in [0.15, 0.2) is 85.1 Å². The molecular weight excluding hydrogens is 275 g/mol. The van der Waals surface area contributed by atoms with Crippen molar-refractivity contribution in [2.75, 3.05) is 11.6 Å². The van der Waals surface area contributed by atoms with Gasteiger partial charge in [-0.05, 0) is 30.7 Å². The number of benzene rings is 2. The zero-order valence-corrected chi connectivity index (χ0v) is 12.6. The highest BCUT2D eigenvalue weighted by Crippen LogP contribution is 2.32. The molecule has 0 radical (unpaired) electrons. The normalized spacial score (nSPS) is 10.5. The average Bonchev–Trinajstić information content (AvgIpc) is 2.58. The van der Waals surface area contributed by atoms with Crippen LogP contribution in [-0.2, 0) is 0 Å². The van der Waals surface area contributed by atoms with Crippen molar-refractivity contribution in [3.05, 3.63) is 85.1 Å². The van der Waals surface area contributed by atoms with Gasteiger partial charge in [-0.3, -0.25) is 0 Å². The SMILES string of the molecule is c1ccc(P(CNc2ccccn2)c2ccccc2)cc1. The molecule has 0 amide bonds. The molecule has 1 N–H and O–H groups in total. The molecule has 0 atom stereocenters. The molecule has 3 rings (SSSR count). The molecular formula is C18H17N2P. The molecule has 0 saturated carbocycles. The van der Waals surface area contributed by atoms with Gasteiger partial charge in [-0.15, -0.1) is 0 Å². The van der Waals surface area contributed by atoms with Gasteiger partial charge in [0.25, 0.3) is 0 Å². The van der Waals surface area contributed by atoms with Crippen molar-refractivity contribution < 1.29 is 0 Å². The van der Waals surface area contributed by atoms with Crippen molar-refractivity contribution >= 4 is 24.3 Å². The maximum atomic E-state index is 4.34. The van der Waals surface area contributed by atoms with Crippen LogP contribution >= 0.6 is 7.92 Å². The summed E-state index contributed by atoms with van der Waals surface area (Å²) in [5.41, 5.74) is 0. The van der Waals surface area contributed by atoms with Crippen molar-refractivity contribution in [2.24, 2.45) is 0 Å². The average molecular weight is 292 g/mol. The van der Waals surface area contributed by atoms with Gasteiger partial charge in [0, 0.05) is 12.5 Å². The molecule has 1 aromatic heterocycles.